The van der Waals surface area contributed by atoms with Crippen LogP contribution in [-0.2, 0) is 0 Å². The van der Waals surface area contributed by atoms with E-state index in [0.717, 1.165) is 38.8 Å². The molecule has 0 radical (unpaired) electrons. The Labute approximate surface area is 102 Å². The molecule has 2 aliphatic heterocycles. The molecule has 0 aliphatic carbocycles. The first kappa shape index (κ1) is 13.2. The fourth-order valence-electron chi connectivity index (χ4n) is 3.25. The highest BCUT2D eigenvalue weighted by atomic mass is 16.3. The van der Waals surface area contributed by atoms with Crippen molar-refractivity contribution in [1.29, 1.82) is 0 Å². The number of hydrogen-bond acceptors (Lipinski definition) is 5. The van der Waals surface area contributed by atoms with E-state index in [1.54, 1.807) is 0 Å². The molecule has 17 heavy (non-hydrogen) atoms. The Hall–Kier alpha value is -0.200. The van der Waals surface area contributed by atoms with Gasteiger partial charge in [0.1, 0.15) is 0 Å². The van der Waals surface area contributed by atoms with Crippen molar-refractivity contribution in [2.24, 2.45) is 11.7 Å². The van der Waals surface area contributed by atoms with Crippen LogP contribution in [0.5, 0.6) is 0 Å². The number of aliphatic hydroxyl groups excluding tert-OH is 3. The van der Waals surface area contributed by atoms with Crippen LogP contribution in [0.1, 0.15) is 25.7 Å². The van der Waals surface area contributed by atoms with Crippen molar-refractivity contribution >= 4 is 0 Å². The van der Waals surface area contributed by atoms with E-state index >= 15 is 0 Å². The molecule has 2 saturated heterocycles. The highest BCUT2D eigenvalue weighted by Crippen LogP contribution is 2.32. The Morgan fingerprint density at radius 1 is 1.06 bits per heavy atom. The monoisotopic (exact) mass is 244 g/mol. The van der Waals surface area contributed by atoms with Gasteiger partial charge in [0.2, 0.25) is 0 Å². The molecule has 2 rings (SSSR count). The maximum atomic E-state index is 10.1. The van der Waals surface area contributed by atoms with Gasteiger partial charge in [-0.15, -0.1) is 0 Å². The summed E-state index contributed by atoms with van der Waals surface area (Å²) in [5, 5.41) is 29.5. The van der Waals surface area contributed by atoms with Gasteiger partial charge in [-0.3, -0.25) is 4.90 Å². The van der Waals surface area contributed by atoms with Gasteiger partial charge in [-0.05, 0) is 31.7 Å². The zero-order valence-electron chi connectivity index (χ0n) is 10.2. The molecule has 2 fully saturated rings. The lowest BCUT2D eigenvalue weighted by atomic mass is 9.86. The summed E-state index contributed by atoms with van der Waals surface area (Å²) < 4.78 is 0. The van der Waals surface area contributed by atoms with Crippen LogP contribution in [0.25, 0.3) is 0 Å². The van der Waals surface area contributed by atoms with Gasteiger partial charge in [0.25, 0.3) is 0 Å². The summed E-state index contributed by atoms with van der Waals surface area (Å²) in [4.78, 5) is 2.04. The minimum absolute atomic E-state index is 0.268. The molecule has 0 spiro atoms. The number of nitrogens with two attached hydrogens (primary N) is 1. The van der Waals surface area contributed by atoms with Crippen LogP contribution in [0.4, 0.5) is 0 Å². The first-order chi connectivity index (χ1) is 8.13. The summed E-state index contributed by atoms with van der Waals surface area (Å²) in [6, 6.07) is -0.268. The van der Waals surface area contributed by atoms with Crippen molar-refractivity contribution in [2.75, 3.05) is 19.6 Å². The quantitative estimate of drug-likeness (QED) is 0.472. The molecular formula is C12H24N2O3. The van der Waals surface area contributed by atoms with Gasteiger partial charge in [-0.1, -0.05) is 6.42 Å². The molecule has 5 nitrogen and oxygen atoms in total. The second kappa shape index (κ2) is 5.63. The first-order valence-electron chi connectivity index (χ1n) is 6.61. The van der Waals surface area contributed by atoms with E-state index in [4.69, 9.17) is 5.73 Å². The molecule has 2 heterocycles. The molecule has 0 unspecified atom stereocenters. The molecule has 0 amide bonds. The Morgan fingerprint density at radius 3 is 2.53 bits per heavy atom. The van der Waals surface area contributed by atoms with E-state index in [-0.39, 0.29) is 6.04 Å². The molecule has 5 atom stereocenters. The third-order valence-corrected chi connectivity index (χ3v) is 4.12. The van der Waals surface area contributed by atoms with Crippen LogP contribution in [0.15, 0.2) is 0 Å². The highest BCUT2D eigenvalue weighted by Gasteiger charge is 2.47. The van der Waals surface area contributed by atoms with Crippen LogP contribution in [0, 0.1) is 5.92 Å². The highest BCUT2D eigenvalue weighted by molar-refractivity contribution is 5.01. The van der Waals surface area contributed by atoms with E-state index < -0.39 is 18.3 Å². The zero-order chi connectivity index (χ0) is 12.4. The molecule has 5 N–H and O–H groups in total. The predicted molar refractivity (Wildman–Crippen MR) is 64.4 cm³/mol. The normalized spacial score (nSPS) is 42.7. The van der Waals surface area contributed by atoms with Gasteiger partial charge in [-0.25, -0.2) is 0 Å². The topological polar surface area (TPSA) is 90.0 Å². The SMILES string of the molecule is NCCCC[C@H]1C[C@@H](O)[C@@H]2[C@H](O)[C@H](O)CN2C1. The van der Waals surface area contributed by atoms with E-state index in [0.29, 0.717) is 12.5 Å². The average Bonchev–Trinajstić information content (AvgIpc) is 2.55. The molecule has 0 aromatic carbocycles. The van der Waals surface area contributed by atoms with Crippen molar-refractivity contribution in [3.05, 3.63) is 0 Å². The number of unbranched alkanes of at least 4 members (excludes halogenated alkanes) is 1. The van der Waals surface area contributed by atoms with Gasteiger partial charge >= 0.3 is 0 Å². The van der Waals surface area contributed by atoms with E-state index in [1.807, 2.05) is 4.90 Å². The second-order valence-electron chi connectivity index (χ2n) is 5.46. The number of rotatable bonds is 4. The Bertz CT molecular complexity index is 252. The zero-order valence-corrected chi connectivity index (χ0v) is 10.2. The summed E-state index contributed by atoms with van der Waals surface area (Å²) in [6.45, 7) is 2.08. The Morgan fingerprint density at radius 2 is 1.82 bits per heavy atom. The van der Waals surface area contributed by atoms with Crippen molar-refractivity contribution in [2.45, 2.75) is 50.0 Å². The predicted octanol–water partition coefficient (Wildman–Crippen LogP) is -1.10. The average molecular weight is 244 g/mol. The Balaban J connectivity index is 1.88. The van der Waals surface area contributed by atoms with Gasteiger partial charge in [-0.2, -0.15) is 0 Å². The molecule has 0 aromatic rings. The summed E-state index contributed by atoms with van der Waals surface area (Å²) in [5.41, 5.74) is 5.47. The summed E-state index contributed by atoms with van der Waals surface area (Å²) in [6.07, 6.45) is 1.91. The number of piperidine rings is 1. The summed E-state index contributed by atoms with van der Waals surface area (Å²) >= 11 is 0. The van der Waals surface area contributed by atoms with Crippen LogP contribution >= 0.6 is 0 Å². The fourth-order valence-corrected chi connectivity index (χ4v) is 3.25. The van der Waals surface area contributed by atoms with Gasteiger partial charge in [0.15, 0.2) is 0 Å². The lowest BCUT2D eigenvalue weighted by molar-refractivity contribution is -0.0441. The molecule has 100 valence electrons. The van der Waals surface area contributed by atoms with Crippen LogP contribution in [-0.4, -0.2) is 64.2 Å². The molecular weight excluding hydrogens is 220 g/mol. The standard InChI is InChI=1S/C12H24N2O3/c13-4-2-1-3-8-5-9(15)11-12(17)10(16)7-14(11)6-8/h8-12,15-17H,1-7,13H2/t8-,9+,10+,11+,12+/m0/s1. The third kappa shape index (κ3) is 2.80. The van der Waals surface area contributed by atoms with E-state index in [1.165, 1.54) is 0 Å². The second-order valence-corrected chi connectivity index (χ2v) is 5.46. The smallest absolute Gasteiger partial charge is 0.0991 e. The lowest BCUT2D eigenvalue weighted by Crippen LogP contribution is -2.52. The van der Waals surface area contributed by atoms with E-state index in [9.17, 15) is 15.3 Å². The van der Waals surface area contributed by atoms with Crippen LogP contribution < -0.4 is 5.73 Å². The summed E-state index contributed by atoms with van der Waals surface area (Å²) in [5.74, 6) is 0.463. The summed E-state index contributed by atoms with van der Waals surface area (Å²) in [7, 11) is 0. The number of nitrogens with zero attached hydrogens (tertiary/aromatic N) is 1. The molecule has 2 aliphatic rings. The largest absolute Gasteiger partial charge is 0.391 e. The van der Waals surface area contributed by atoms with Crippen molar-refractivity contribution in [3.8, 4) is 0 Å². The minimum atomic E-state index is -0.796. The first-order valence-corrected chi connectivity index (χ1v) is 6.61. The van der Waals surface area contributed by atoms with Crippen LogP contribution in [0.3, 0.4) is 0 Å². The maximum Gasteiger partial charge on any atom is 0.0991 e. The third-order valence-electron chi connectivity index (χ3n) is 4.12. The molecule has 0 aromatic heterocycles. The minimum Gasteiger partial charge on any atom is -0.391 e. The molecule has 0 bridgehead atoms. The van der Waals surface area contributed by atoms with Gasteiger partial charge in [0.05, 0.1) is 24.4 Å². The van der Waals surface area contributed by atoms with Crippen molar-refractivity contribution in [1.82, 2.24) is 4.90 Å². The fraction of sp³-hybridized carbons (Fsp3) is 1.00. The maximum absolute atomic E-state index is 10.1. The van der Waals surface area contributed by atoms with Gasteiger partial charge in [0, 0.05) is 13.1 Å². The molecule has 0 saturated carbocycles. The lowest BCUT2D eigenvalue weighted by Gasteiger charge is -2.39. The van der Waals surface area contributed by atoms with E-state index in [2.05, 4.69) is 0 Å². The number of hydrogen-bond donors (Lipinski definition) is 4. The number of fused-ring (bicyclic) bond motifs is 1. The molecule has 5 heteroatoms. The van der Waals surface area contributed by atoms with Crippen molar-refractivity contribution < 1.29 is 15.3 Å². The van der Waals surface area contributed by atoms with Gasteiger partial charge < -0.3 is 21.1 Å². The van der Waals surface area contributed by atoms with Crippen molar-refractivity contribution in [3.63, 3.8) is 0 Å². The van der Waals surface area contributed by atoms with Crippen LogP contribution in [0.2, 0.25) is 0 Å². The Kier molecular flexibility index (Phi) is 4.38. The number of aliphatic hydroxyl groups is 3.